The van der Waals surface area contributed by atoms with Gasteiger partial charge in [0, 0.05) is 18.6 Å². The van der Waals surface area contributed by atoms with Gasteiger partial charge in [0.05, 0.1) is 6.54 Å². The molecule has 2 fully saturated rings. The first kappa shape index (κ1) is 16.8. The number of likely N-dealkylation sites (tertiary alicyclic amines) is 2. The predicted molar refractivity (Wildman–Crippen MR) is 87.4 cm³/mol. The Morgan fingerprint density at radius 1 is 1.05 bits per heavy atom. The van der Waals surface area contributed by atoms with Crippen molar-refractivity contribution in [1.29, 1.82) is 0 Å². The summed E-state index contributed by atoms with van der Waals surface area (Å²) in [7, 11) is 0. The summed E-state index contributed by atoms with van der Waals surface area (Å²) in [5, 5.41) is 3.61. The van der Waals surface area contributed by atoms with Gasteiger partial charge in [-0.15, -0.1) is 0 Å². The summed E-state index contributed by atoms with van der Waals surface area (Å²) < 4.78 is 0. The maximum atomic E-state index is 12.3. The van der Waals surface area contributed by atoms with Crippen LogP contribution in [-0.4, -0.2) is 60.5 Å². The van der Waals surface area contributed by atoms with Crippen LogP contribution in [0.15, 0.2) is 0 Å². The van der Waals surface area contributed by atoms with Crippen LogP contribution in [0.3, 0.4) is 0 Å². The Morgan fingerprint density at radius 2 is 1.67 bits per heavy atom. The molecule has 0 aliphatic carbocycles. The van der Waals surface area contributed by atoms with Gasteiger partial charge in [-0.3, -0.25) is 9.69 Å². The highest BCUT2D eigenvalue weighted by Crippen LogP contribution is 2.18. The summed E-state index contributed by atoms with van der Waals surface area (Å²) in [6, 6.07) is 0. The predicted octanol–water partition coefficient (Wildman–Crippen LogP) is 2.10. The molecule has 1 amide bonds. The van der Waals surface area contributed by atoms with E-state index in [1.165, 1.54) is 32.1 Å². The van der Waals surface area contributed by atoms with Crippen LogP contribution in [0.5, 0.6) is 0 Å². The first-order valence-corrected chi connectivity index (χ1v) is 8.69. The molecule has 0 atom stereocenters. The van der Waals surface area contributed by atoms with Crippen molar-refractivity contribution in [1.82, 2.24) is 15.1 Å². The average molecular weight is 295 g/mol. The third-order valence-electron chi connectivity index (χ3n) is 4.70. The zero-order valence-electron chi connectivity index (χ0n) is 14.2. The maximum Gasteiger partial charge on any atom is 0.236 e. The second-order valence-electron chi connectivity index (χ2n) is 7.79. The molecule has 0 saturated carbocycles. The standard InChI is InChI=1S/C17H33N3O/c1-17(2,3)18-13-15-7-11-19(12-8-15)14-16(21)20-9-5-4-6-10-20/h15,18H,4-14H2,1-3H3. The van der Waals surface area contributed by atoms with Crippen LogP contribution in [0, 0.1) is 5.92 Å². The Hall–Kier alpha value is -0.610. The second-order valence-corrected chi connectivity index (χ2v) is 7.79. The molecule has 122 valence electrons. The maximum absolute atomic E-state index is 12.3. The van der Waals surface area contributed by atoms with E-state index in [2.05, 4.69) is 35.9 Å². The fourth-order valence-electron chi connectivity index (χ4n) is 3.23. The Balaban J connectivity index is 1.65. The highest BCUT2D eigenvalue weighted by molar-refractivity contribution is 5.78. The summed E-state index contributed by atoms with van der Waals surface area (Å²) >= 11 is 0. The summed E-state index contributed by atoms with van der Waals surface area (Å²) in [5.41, 5.74) is 0.210. The first-order valence-electron chi connectivity index (χ1n) is 8.69. The third kappa shape index (κ3) is 5.95. The van der Waals surface area contributed by atoms with Crippen LogP contribution < -0.4 is 5.32 Å². The molecule has 4 nitrogen and oxygen atoms in total. The van der Waals surface area contributed by atoms with Crippen molar-refractivity contribution in [3.63, 3.8) is 0 Å². The molecule has 0 radical (unpaired) electrons. The largest absolute Gasteiger partial charge is 0.342 e. The molecule has 1 N–H and O–H groups in total. The van der Waals surface area contributed by atoms with Crippen LogP contribution in [-0.2, 0) is 4.79 Å². The molecule has 2 aliphatic rings. The van der Waals surface area contributed by atoms with Crippen molar-refractivity contribution in [2.45, 2.75) is 58.4 Å². The molecular formula is C17H33N3O. The molecule has 21 heavy (non-hydrogen) atoms. The van der Waals surface area contributed by atoms with Gasteiger partial charge in [-0.05, 0) is 78.4 Å². The number of carbonyl (C=O) groups is 1. The van der Waals surface area contributed by atoms with Crippen molar-refractivity contribution in [2.24, 2.45) is 5.92 Å². The minimum absolute atomic E-state index is 0.210. The number of hydrogen-bond donors (Lipinski definition) is 1. The number of carbonyl (C=O) groups excluding carboxylic acids is 1. The number of nitrogens with one attached hydrogen (secondary N) is 1. The van der Waals surface area contributed by atoms with Crippen LogP contribution in [0.4, 0.5) is 0 Å². The number of amides is 1. The lowest BCUT2D eigenvalue weighted by Crippen LogP contribution is -2.47. The second kappa shape index (κ2) is 7.59. The zero-order chi connectivity index (χ0) is 15.3. The lowest BCUT2D eigenvalue weighted by Gasteiger charge is -2.35. The Kier molecular flexibility index (Phi) is 6.06. The molecule has 2 aliphatic heterocycles. The van der Waals surface area contributed by atoms with E-state index >= 15 is 0 Å². The molecule has 2 rings (SSSR count). The molecule has 0 spiro atoms. The number of hydrogen-bond acceptors (Lipinski definition) is 3. The van der Waals surface area contributed by atoms with E-state index in [0.29, 0.717) is 12.5 Å². The minimum Gasteiger partial charge on any atom is -0.342 e. The molecule has 2 saturated heterocycles. The number of piperidine rings is 2. The van der Waals surface area contributed by atoms with Crippen molar-refractivity contribution in [2.75, 3.05) is 39.3 Å². The van der Waals surface area contributed by atoms with Gasteiger partial charge < -0.3 is 10.2 Å². The van der Waals surface area contributed by atoms with Crippen molar-refractivity contribution in [3.8, 4) is 0 Å². The van der Waals surface area contributed by atoms with E-state index in [0.717, 1.165) is 38.6 Å². The van der Waals surface area contributed by atoms with Gasteiger partial charge in [0.1, 0.15) is 0 Å². The zero-order valence-corrected chi connectivity index (χ0v) is 14.2. The molecule has 0 aromatic rings. The van der Waals surface area contributed by atoms with Gasteiger partial charge in [-0.2, -0.15) is 0 Å². The normalized spacial score (nSPS) is 22.5. The van der Waals surface area contributed by atoms with Crippen molar-refractivity contribution in [3.05, 3.63) is 0 Å². The summed E-state index contributed by atoms with van der Waals surface area (Å²) in [6.45, 7) is 12.5. The topological polar surface area (TPSA) is 35.6 Å². The lowest BCUT2D eigenvalue weighted by atomic mass is 9.95. The fourth-order valence-corrected chi connectivity index (χ4v) is 3.23. The van der Waals surface area contributed by atoms with Gasteiger partial charge in [-0.1, -0.05) is 0 Å². The molecule has 0 unspecified atom stereocenters. The average Bonchev–Trinajstić information content (AvgIpc) is 2.46. The van der Waals surface area contributed by atoms with Crippen molar-refractivity contribution >= 4 is 5.91 Å². The Bertz CT molecular complexity index is 323. The van der Waals surface area contributed by atoms with Crippen LogP contribution in [0.1, 0.15) is 52.9 Å². The number of nitrogens with zero attached hydrogens (tertiary/aromatic N) is 2. The molecular weight excluding hydrogens is 262 g/mol. The van der Waals surface area contributed by atoms with E-state index in [1.807, 2.05) is 0 Å². The highest BCUT2D eigenvalue weighted by atomic mass is 16.2. The van der Waals surface area contributed by atoms with E-state index in [1.54, 1.807) is 0 Å². The van der Waals surface area contributed by atoms with Gasteiger partial charge in [-0.25, -0.2) is 0 Å². The van der Waals surface area contributed by atoms with Gasteiger partial charge in [0.15, 0.2) is 0 Å². The minimum atomic E-state index is 0.210. The Labute approximate surface area is 130 Å². The van der Waals surface area contributed by atoms with Gasteiger partial charge >= 0.3 is 0 Å². The molecule has 0 aromatic heterocycles. The van der Waals surface area contributed by atoms with Crippen LogP contribution in [0.2, 0.25) is 0 Å². The van der Waals surface area contributed by atoms with Crippen LogP contribution in [0.25, 0.3) is 0 Å². The first-order chi connectivity index (χ1) is 9.94. The van der Waals surface area contributed by atoms with Crippen molar-refractivity contribution < 1.29 is 4.79 Å². The summed E-state index contributed by atoms with van der Waals surface area (Å²) in [4.78, 5) is 16.7. The molecule has 2 heterocycles. The van der Waals surface area contributed by atoms with Crippen LogP contribution >= 0.6 is 0 Å². The van der Waals surface area contributed by atoms with Gasteiger partial charge in [0.2, 0.25) is 5.91 Å². The van der Waals surface area contributed by atoms with E-state index in [4.69, 9.17) is 0 Å². The SMILES string of the molecule is CC(C)(C)NCC1CCN(CC(=O)N2CCCCC2)CC1. The number of rotatable bonds is 4. The van der Waals surface area contributed by atoms with Gasteiger partial charge in [0.25, 0.3) is 0 Å². The quantitative estimate of drug-likeness (QED) is 0.863. The van der Waals surface area contributed by atoms with E-state index in [9.17, 15) is 4.79 Å². The summed E-state index contributed by atoms with van der Waals surface area (Å²) in [5.74, 6) is 1.12. The Morgan fingerprint density at radius 3 is 2.24 bits per heavy atom. The lowest BCUT2D eigenvalue weighted by molar-refractivity contribution is -0.133. The van der Waals surface area contributed by atoms with E-state index in [-0.39, 0.29) is 5.54 Å². The molecule has 4 heteroatoms. The monoisotopic (exact) mass is 295 g/mol. The fraction of sp³-hybridized carbons (Fsp3) is 0.941. The van der Waals surface area contributed by atoms with E-state index < -0.39 is 0 Å². The third-order valence-corrected chi connectivity index (χ3v) is 4.70. The molecule has 0 aromatic carbocycles. The highest BCUT2D eigenvalue weighted by Gasteiger charge is 2.24. The molecule has 0 bridgehead atoms. The summed E-state index contributed by atoms with van der Waals surface area (Å²) in [6.07, 6.45) is 6.10. The smallest absolute Gasteiger partial charge is 0.236 e.